The lowest BCUT2D eigenvalue weighted by Crippen LogP contribution is -2.61. The van der Waals surface area contributed by atoms with Crippen LogP contribution in [0.3, 0.4) is 0 Å². The molecular formula is C16H31N3O2. The molecule has 2 aliphatic carbocycles. The summed E-state index contributed by atoms with van der Waals surface area (Å²) in [5.74, 6) is -0.332. The van der Waals surface area contributed by atoms with Gasteiger partial charge in [-0.2, -0.15) is 0 Å². The molecule has 0 radical (unpaired) electrons. The number of nitrogens with zero attached hydrogens (tertiary/aromatic N) is 2. The van der Waals surface area contributed by atoms with E-state index in [4.69, 9.17) is 0 Å². The molecule has 2 fully saturated rings. The van der Waals surface area contributed by atoms with Crippen molar-refractivity contribution in [3.63, 3.8) is 0 Å². The number of hydrogen-bond acceptors (Lipinski definition) is 4. The lowest BCUT2D eigenvalue weighted by Gasteiger charge is -2.36. The molecule has 0 aromatic carbocycles. The van der Waals surface area contributed by atoms with Gasteiger partial charge in [-0.1, -0.05) is 6.92 Å². The number of carbonyl (C=O) groups is 1. The maximum atomic E-state index is 12.0. The van der Waals surface area contributed by atoms with Crippen molar-refractivity contribution in [2.24, 2.45) is 5.92 Å². The van der Waals surface area contributed by atoms with Gasteiger partial charge < -0.3 is 14.9 Å². The highest BCUT2D eigenvalue weighted by molar-refractivity contribution is 5.80. The van der Waals surface area contributed by atoms with Gasteiger partial charge in [0.25, 0.3) is 0 Å². The molecule has 0 spiro atoms. The first-order valence-electron chi connectivity index (χ1n) is 8.36. The van der Waals surface area contributed by atoms with Crippen molar-refractivity contribution in [3.05, 3.63) is 0 Å². The van der Waals surface area contributed by atoms with E-state index in [1.165, 1.54) is 0 Å². The van der Waals surface area contributed by atoms with E-state index in [1.807, 2.05) is 0 Å². The molecule has 2 rings (SSSR count). The number of hydrogen-bond donors (Lipinski definition) is 2. The smallest absolute Gasteiger partial charge is 0.325 e. The van der Waals surface area contributed by atoms with E-state index in [0.29, 0.717) is 18.5 Å². The van der Waals surface area contributed by atoms with Crippen molar-refractivity contribution in [2.45, 2.75) is 50.6 Å². The zero-order valence-corrected chi connectivity index (χ0v) is 13.8. The molecule has 5 heteroatoms. The van der Waals surface area contributed by atoms with Crippen molar-refractivity contribution < 1.29 is 9.90 Å². The first-order valence-corrected chi connectivity index (χ1v) is 8.36. The topological polar surface area (TPSA) is 55.8 Å². The van der Waals surface area contributed by atoms with Gasteiger partial charge in [-0.3, -0.25) is 10.1 Å². The second kappa shape index (κ2) is 7.07. The molecule has 1 atom stereocenters. The van der Waals surface area contributed by atoms with Crippen molar-refractivity contribution >= 4 is 5.97 Å². The van der Waals surface area contributed by atoms with Crippen LogP contribution in [0, 0.1) is 5.92 Å². The summed E-state index contributed by atoms with van der Waals surface area (Å²) in [5.41, 5.74) is -0.713. The highest BCUT2D eigenvalue weighted by Gasteiger charge is 2.53. The molecule has 0 amide bonds. The Morgan fingerprint density at radius 3 is 2.33 bits per heavy atom. The Hall–Kier alpha value is -0.650. The number of rotatable bonds is 11. The molecule has 2 aliphatic rings. The van der Waals surface area contributed by atoms with Crippen LogP contribution in [-0.2, 0) is 4.79 Å². The Morgan fingerprint density at radius 2 is 1.90 bits per heavy atom. The third-order valence-corrected chi connectivity index (χ3v) is 4.69. The van der Waals surface area contributed by atoms with Crippen molar-refractivity contribution in [1.82, 2.24) is 15.1 Å². The third-order valence-electron chi connectivity index (χ3n) is 4.69. The van der Waals surface area contributed by atoms with Crippen molar-refractivity contribution in [3.8, 4) is 0 Å². The fourth-order valence-electron chi connectivity index (χ4n) is 3.08. The summed E-state index contributed by atoms with van der Waals surface area (Å²) in [6.45, 7) is 5.72. The Kier molecular flexibility index (Phi) is 5.63. The normalized spacial score (nSPS) is 21.8. The lowest BCUT2D eigenvalue weighted by molar-refractivity contribution is -0.147. The van der Waals surface area contributed by atoms with Gasteiger partial charge in [-0.25, -0.2) is 0 Å². The minimum atomic E-state index is -0.713. The van der Waals surface area contributed by atoms with E-state index in [9.17, 15) is 9.90 Å². The number of carboxylic acids is 1. The van der Waals surface area contributed by atoms with Crippen LogP contribution in [0.1, 0.15) is 39.0 Å². The minimum Gasteiger partial charge on any atom is -0.480 e. The maximum absolute atomic E-state index is 12.0. The molecule has 21 heavy (non-hydrogen) atoms. The van der Waals surface area contributed by atoms with Gasteiger partial charge in [-0.05, 0) is 71.8 Å². The Morgan fingerprint density at radius 1 is 1.24 bits per heavy atom. The molecule has 0 heterocycles. The number of likely N-dealkylation sites (N-methyl/N-ethyl adjacent to an activating group) is 1. The number of carboxylic acid groups (broad SMARTS) is 1. The second-order valence-electron chi connectivity index (χ2n) is 6.99. The first kappa shape index (κ1) is 16.7. The van der Waals surface area contributed by atoms with Gasteiger partial charge in [0.1, 0.15) is 5.54 Å². The minimum absolute atomic E-state index is 0.318. The molecule has 122 valence electrons. The van der Waals surface area contributed by atoms with E-state index < -0.39 is 11.5 Å². The summed E-state index contributed by atoms with van der Waals surface area (Å²) in [5, 5.41) is 13.3. The zero-order chi connectivity index (χ0) is 15.5. The highest BCUT2D eigenvalue weighted by Crippen LogP contribution is 2.42. The van der Waals surface area contributed by atoms with E-state index in [1.54, 1.807) is 0 Å². The molecule has 1 unspecified atom stereocenters. The largest absolute Gasteiger partial charge is 0.480 e. The molecule has 2 saturated carbocycles. The van der Waals surface area contributed by atoms with Crippen LogP contribution < -0.4 is 5.32 Å². The predicted molar refractivity (Wildman–Crippen MR) is 84.5 cm³/mol. The van der Waals surface area contributed by atoms with Crippen LogP contribution in [-0.4, -0.2) is 72.7 Å². The molecule has 5 nitrogen and oxygen atoms in total. The molecule has 0 bridgehead atoms. The second-order valence-corrected chi connectivity index (χ2v) is 6.99. The fraction of sp³-hybridized carbons (Fsp3) is 0.938. The Bertz CT molecular complexity index is 353. The molecule has 0 aliphatic heterocycles. The fourth-order valence-corrected chi connectivity index (χ4v) is 3.08. The zero-order valence-electron chi connectivity index (χ0n) is 13.8. The summed E-state index contributed by atoms with van der Waals surface area (Å²) in [4.78, 5) is 16.5. The Balaban J connectivity index is 1.96. The summed E-state index contributed by atoms with van der Waals surface area (Å²) in [7, 11) is 4.16. The average Bonchev–Trinajstić information content (AvgIpc) is 3.26. The standard InChI is InChI=1S/C16H31N3O2/c1-4-19(11-5-10-18(2)3)12-16(15(20)21,13-6-7-13)17-14-8-9-14/h13-14,17H,4-12H2,1-3H3,(H,20,21). The number of aliphatic carboxylic acids is 1. The summed E-state index contributed by atoms with van der Waals surface area (Å²) >= 11 is 0. The maximum Gasteiger partial charge on any atom is 0.325 e. The van der Waals surface area contributed by atoms with Crippen LogP contribution in [0.25, 0.3) is 0 Å². The predicted octanol–water partition coefficient (Wildman–Crippen LogP) is 1.25. The van der Waals surface area contributed by atoms with Crippen LogP contribution >= 0.6 is 0 Å². The summed E-state index contributed by atoms with van der Waals surface area (Å²) in [6.07, 6.45) is 5.47. The van der Waals surface area contributed by atoms with Crippen LogP contribution in [0.15, 0.2) is 0 Å². The summed E-state index contributed by atoms with van der Waals surface area (Å²) < 4.78 is 0. The van der Waals surface area contributed by atoms with Gasteiger partial charge in [-0.15, -0.1) is 0 Å². The lowest BCUT2D eigenvalue weighted by atomic mass is 9.91. The van der Waals surface area contributed by atoms with E-state index >= 15 is 0 Å². The molecular weight excluding hydrogens is 266 g/mol. The van der Waals surface area contributed by atoms with E-state index in [-0.39, 0.29) is 0 Å². The van der Waals surface area contributed by atoms with Gasteiger partial charge in [0.2, 0.25) is 0 Å². The van der Waals surface area contributed by atoms with Crippen LogP contribution in [0.4, 0.5) is 0 Å². The van der Waals surface area contributed by atoms with Crippen LogP contribution in [0.2, 0.25) is 0 Å². The van der Waals surface area contributed by atoms with Gasteiger partial charge in [0.05, 0.1) is 0 Å². The van der Waals surface area contributed by atoms with Gasteiger partial charge in [0, 0.05) is 12.6 Å². The van der Waals surface area contributed by atoms with E-state index in [0.717, 1.165) is 51.7 Å². The quantitative estimate of drug-likeness (QED) is 0.601. The molecule has 0 aromatic heterocycles. The first-order chi connectivity index (χ1) is 9.98. The monoisotopic (exact) mass is 297 g/mol. The highest BCUT2D eigenvalue weighted by atomic mass is 16.4. The SMILES string of the molecule is CCN(CCCN(C)C)CC(NC1CC1)(C(=O)O)C1CC1. The molecule has 2 N–H and O–H groups in total. The van der Waals surface area contributed by atoms with E-state index in [2.05, 4.69) is 36.1 Å². The van der Waals surface area contributed by atoms with Gasteiger partial charge >= 0.3 is 5.97 Å². The van der Waals surface area contributed by atoms with Gasteiger partial charge in [0.15, 0.2) is 0 Å². The average molecular weight is 297 g/mol. The molecule has 0 aromatic rings. The van der Waals surface area contributed by atoms with Crippen LogP contribution in [0.5, 0.6) is 0 Å². The van der Waals surface area contributed by atoms with Crippen molar-refractivity contribution in [1.29, 1.82) is 0 Å². The Labute approximate surface area is 128 Å². The summed E-state index contributed by atoms with van der Waals surface area (Å²) in [6, 6.07) is 0.433. The van der Waals surface area contributed by atoms with Crippen molar-refractivity contribution in [2.75, 3.05) is 40.3 Å². The number of nitrogens with one attached hydrogen (secondary N) is 1. The third kappa shape index (κ3) is 4.66. The molecule has 0 saturated heterocycles.